The Morgan fingerprint density at radius 3 is 2.83 bits per heavy atom. The molecule has 0 radical (unpaired) electrons. The Kier molecular flexibility index (Phi) is 9.99. The third kappa shape index (κ3) is 9.04. The molecule has 1 aliphatic carbocycles. The number of nitrogens with one attached hydrogen (secondary N) is 2. The lowest BCUT2D eigenvalue weighted by Crippen LogP contribution is -2.40. The second-order valence-corrected chi connectivity index (χ2v) is 10.8. The minimum Gasteiger partial charge on any atom is -0.356 e. The normalized spacial score (nSPS) is 21.0. The van der Waals surface area contributed by atoms with E-state index < -0.39 is 12.5 Å². The Hall–Kier alpha value is -3.92. The highest BCUT2D eigenvalue weighted by Gasteiger charge is 2.22. The van der Waals surface area contributed by atoms with Crippen LogP contribution in [-0.2, 0) is 17.8 Å². The molecule has 1 aromatic heterocycles. The van der Waals surface area contributed by atoms with Crippen molar-refractivity contribution >= 4 is 17.4 Å². The van der Waals surface area contributed by atoms with E-state index in [2.05, 4.69) is 23.6 Å². The van der Waals surface area contributed by atoms with Crippen LogP contribution < -0.4 is 21.9 Å². The van der Waals surface area contributed by atoms with Gasteiger partial charge in [0.2, 0.25) is 5.91 Å². The Labute approximate surface area is 238 Å². The molecule has 10 heteroatoms. The lowest BCUT2D eigenvalue weighted by molar-refractivity contribution is -0.122. The van der Waals surface area contributed by atoms with Gasteiger partial charge >= 0.3 is 0 Å². The van der Waals surface area contributed by atoms with Gasteiger partial charge < -0.3 is 10.6 Å². The van der Waals surface area contributed by atoms with Crippen molar-refractivity contribution in [2.75, 3.05) is 13.1 Å². The van der Waals surface area contributed by atoms with E-state index in [1.807, 2.05) is 18.2 Å². The van der Waals surface area contributed by atoms with Crippen LogP contribution in [0.25, 0.3) is 5.57 Å². The van der Waals surface area contributed by atoms with E-state index in [0.717, 1.165) is 18.4 Å². The predicted molar refractivity (Wildman–Crippen MR) is 154 cm³/mol. The predicted octanol–water partition coefficient (Wildman–Crippen LogP) is 4.10. The first-order valence-corrected chi connectivity index (χ1v) is 14.0. The van der Waals surface area contributed by atoms with Crippen molar-refractivity contribution in [1.29, 1.82) is 0 Å². The molecular formula is C31H37F2N5O3. The van der Waals surface area contributed by atoms with E-state index in [1.54, 1.807) is 24.3 Å². The molecule has 2 aromatic rings. The van der Waals surface area contributed by atoms with E-state index in [4.69, 9.17) is 10.7 Å². The molecule has 1 fully saturated rings. The maximum absolute atomic E-state index is 13.4. The fourth-order valence-electron chi connectivity index (χ4n) is 4.93. The van der Waals surface area contributed by atoms with E-state index in [9.17, 15) is 23.2 Å². The van der Waals surface area contributed by atoms with Crippen LogP contribution in [0.1, 0.15) is 72.9 Å². The number of carbonyl (C=O) groups is 2. The summed E-state index contributed by atoms with van der Waals surface area (Å²) in [5.41, 5.74) is 8.30. The van der Waals surface area contributed by atoms with Gasteiger partial charge in [-0.15, -0.1) is 0 Å². The number of hydrogen-bond donors (Lipinski definition) is 3. The SMILES string of the molecule is C/C1=C/C/C=C(c2cc(=O)n(Cc3cccc(C(=O)NCC4CCC(=O)NC4)c3)c(CCCC(N)(F)F)n2)\C=C/C1. The highest BCUT2D eigenvalue weighted by atomic mass is 19.3. The highest BCUT2D eigenvalue weighted by molar-refractivity contribution is 5.94. The maximum Gasteiger partial charge on any atom is 0.300 e. The second kappa shape index (κ2) is 13.6. The third-order valence-corrected chi connectivity index (χ3v) is 7.28. The molecule has 1 saturated heterocycles. The molecular weight excluding hydrogens is 528 g/mol. The number of benzene rings is 1. The third-order valence-electron chi connectivity index (χ3n) is 7.28. The molecule has 1 aromatic carbocycles. The van der Waals surface area contributed by atoms with Crippen LogP contribution in [0.4, 0.5) is 8.78 Å². The number of carbonyl (C=O) groups excluding carboxylic acids is 2. The molecule has 2 amide bonds. The van der Waals surface area contributed by atoms with Crippen molar-refractivity contribution in [3.8, 4) is 0 Å². The molecule has 4 rings (SSSR count). The lowest BCUT2D eigenvalue weighted by Gasteiger charge is -2.22. The molecule has 0 bridgehead atoms. The Morgan fingerprint density at radius 2 is 2.07 bits per heavy atom. The zero-order valence-electron chi connectivity index (χ0n) is 23.3. The molecule has 1 unspecified atom stereocenters. The van der Waals surface area contributed by atoms with Gasteiger partial charge in [-0.2, -0.15) is 8.78 Å². The molecule has 41 heavy (non-hydrogen) atoms. The van der Waals surface area contributed by atoms with Gasteiger partial charge in [0, 0.05) is 44.0 Å². The Morgan fingerprint density at radius 1 is 1.24 bits per heavy atom. The van der Waals surface area contributed by atoms with Gasteiger partial charge in [-0.3, -0.25) is 24.7 Å². The number of piperidine rings is 1. The topological polar surface area (TPSA) is 119 Å². The second-order valence-electron chi connectivity index (χ2n) is 10.8. The van der Waals surface area contributed by atoms with Gasteiger partial charge in [0.1, 0.15) is 5.82 Å². The fraction of sp³-hybridized carbons (Fsp3) is 0.419. The average Bonchev–Trinajstić information content (AvgIpc) is 2.91. The zero-order chi connectivity index (χ0) is 29.4. The van der Waals surface area contributed by atoms with Crippen molar-refractivity contribution in [1.82, 2.24) is 20.2 Å². The van der Waals surface area contributed by atoms with Crippen molar-refractivity contribution in [3.63, 3.8) is 0 Å². The molecule has 4 N–H and O–H groups in total. The van der Waals surface area contributed by atoms with Crippen LogP contribution >= 0.6 is 0 Å². The molecule has 0 saturated carbocycles. The van der Waals surface area contributed by atoms with Gasteiger partial charge in [-0.1, -0.05) is 42.0 Å². The van der Waals surface area contributed by atoms with Gasteiger partial charge in [0.25, 0.3) is 17.5 Å². The minimum absolute atomic E-state index is 0.0271. The number of amides is 2. The molecule has 1 aliphatic heterocycles. The molecule has 1 atom stereocenters. The lowest BCUT2D eigenvalue weighted by atomic mass is 9.99. The summed E-state index contributed by atoms with van der Waals surface area (Å²) in [5, 5.41) is 5.74. The van der Waals surface area contributed by atoms with Crippen LogP contribution in [0.5, 0.6) is 0 Å². The fourth-order valence-corrected chi connectivity index (χ4v) is 4.93. The van der Waals surface area contributed by atoms with Crippen molar-refractivity contribution in [2.45, 2.75) is 64.5 Å². The summed E-state index contributed by atoms with van der Waals surface area (Å²) in [6.07, 6.45) is 10.4. The standard InChI is InChI=1S/C31H37F2N5O3/c1-21-6-2-9-24(10-3-7-21)26-17-29(40)38(27(37-26)12-5-15-31(32,33)34)20-22-8-4-11-25(16-22)30(41)36-19-23-13-14-28(39)35-18-23/h2,4,7-11,16-17,23H,3,5-6,12-15,18-20,34H2,1H3,(H,35,39)(H,36,41)/b9-2-,21-7-,24-10+. The smallest absolute Gasteiger partial charge is 0.300 e. The van der Waals surface area contributed by atoms with E-state index >= 15 is 0 Å². The quantitative estimate of drug-likeness (QED) is 0.296. The first kappa shape index (κ1) is 30.0. The number of halogens is 2. The molecule has 8 nitrogen and oxygen atoms in total. The van der Waals surface area contributed by atoms with Crippen molar-refractivity contribution < 1.29 is 18.4 Å². The zero-order valence-corrected chi connectivity index (χ0v) is 23.3. The Balaban J connectivity index is 1.55. The van der Waals surface area contributed by atoms with Crippen LogP contribution in [0, 0.1) is 5.92 Å². The highest BCUT2D eigenvalue weighted by Crippen LogP contribution is 2.21. The number of hydrogen-bond acceptors (Lipinski definition) is 5. The molecule has 0 spiro atoms. The van der Waals surface area contributed by atoms with Crippen molar-refractivity contribution in [3.05, 3.63) is 93.2 Å². The maximum atomic E-state index is 13.4. The van der Waals surface area contributed by atoms with Crippen molar-refractivity contribution in [2.24, 2.45) is 11.7 Å². The largest absolute Gasteiger partial charge is 0.356 e. The average molecular weight is 566 g/mol. The minimum atomic E-state index is -3.30. The number of aromatic nitrogens is 2. The van der Waals surface area contributed by atoms with Crippen LogP contribution in [0.15, 0.2) is 65.0 Å². The molecule has 218 valence electrons. The van der Waals surface area contributed by atoms with Gasteiger partial charge in [0.15, 0.2) is 0 Å². The molecule has 2 aliphatic rings. The summed E-state index contributed by atoms with van der Waals surface area (Å²) in [5.74, 6) is 0.338. The van der Waals surface area contributed by atoms with Crippen LogP contribution in [0.2, 0.25) is 0 Å². The summed E-state index contributed by atoms with van der Waals surface area (Å²) in [4.78, 5) is 42.3. The summed E-state index contributed by atoms with van der Waals surface area (Å²) >= 11 is 0. The summed E-state index contributed by atoms with van der Waals surface area (Å²) in [6.45, 7) is 3.17. The number of rotatable bonds is 10. The van der Waals surface area contributed by atoms with Gasteiger partial charge in [-0.05, 0) is 61.8 Å². The van der Waals surface area contributed by atoms with Crippen LogP contribution in [0.3, 0.4) is 0 Å². The Bertz CT molecular complexity index is 1410. The first-order chi connectivity index (χ1) is 19.6. The summed E-state index contributed by atoms with van der Waals surface area (Å²) in [6, 6.07) is 5.12. The van der Waals surface area contributed by atoms with E-state index in [1.165, 1.54) is 16.2 Å². The first-order valence-electron chi connectivity index (χ1n) is 14.0. The summed E-state index contributed by atoms with van der Waals surface area (Å²) in [7, 11) is 0. The summed E-state index contributed by atoms with van der Waals surface area (Å²) < 4.78 is 28.2. The van der Waals surface area contributed by atoms with E-state index in [0.29, 0.717) is 48.6 Å². The number of aryl methyl sites for hydroxylation is 1. The number of nitrogens with zero attached hydrogens (tertiary/aromatic N) is 2. The number of allylic oxidation sites excluding steroid dienone is 6. The monoisotopic (exact) mass is 565 g/mol. The number of nitrogens with two attached hydrogens (primary N) is 1. The van der Waals surface area contributed by atoms with Gasteiger partial charge in [0.05, 0.1) is 12.2 Å². The van der Waals surface area contributed by atoms with Crippen LogP contribution in [-0.4, -0.2) is 40.5 Å². The molecule has 2 heterocycles. The number of alkyl halides is 2. The van der Waals surface area contributed by atoms with E-state index in [-0.39, 0.29) is 42.7 Å². The van der Waals surface area contributed by atoms with Gasteiger partial charge in [-0.25, -0.2) is 4.98 Å².